The maximum atomic E-state index is 13.9. The molecule has 4 aromatic rings. The highest BCUT2D eigenvalue weighted by Crippen LogP contribution is 2.39. The van der Waals surface area contributed by atoms with Crippen LogP contribution < -0.4 is 10.6 Å². The third kappa shape index (κ3) is 5.44. The van der Waals surface area contributed by atoms with E-state index in [4.69, 9.17) is 0 Å². The smallest absolute Gasteiger partial charge is 0.360 e. The molecule has 3 aromatic heterocycles. The maximum Gasteiger partial charge on any atom is 0.419 e. The van der Waals surface area contributed by atoms with Gasteiger partial charge in [-0.05, 0) is 44.7 Å². The number of aromatic nitrogens is 4. The van der Waals surface area contributed by atoms with Gasteiger partial charge < -0.3 is 15.6 Å². The normalized spacial score (nSPS) is 19.9. The summed E-state index contributed by atoms with van der Waals surface area (Å²) in [5, 5.41) is 18.2. The molecule has 0 bridgehead atoms. The number of fused-ring (bicyclic) bond motifs is 1. The Morgan fingerprint density at radius 2 is 2.00 bits per heavy atom. The highest BCUT2D eigenvalue weighted by molar-refractivity contribution is 5.95. The SMILES string of the molecule is CC1(NCc2ccc([N+](=O)[O-])cn2)CCCC(Nc2ncc(C(F)(F)F)c(-c3c[nH]c4ccccc34)n2)C1. The lowest BCUT2D eigenvalue weighted by Crippen LogP contribution is -2.48. The Morgan fingerprint density at radius 1 is 1.18 bits per heavy atom. The summed E-state index contributed by atoms with van der Waals surface area (Å²) in [6.07, 6.45) is 2.31. The zero-order valence-electron chi connectivity index (χ0n) is 20.5. The molecule has 3 heterocycles. The van der Waals surface area contributed by atoms with Gasteiger partial charge in [0.2, 0.25) is 5.95 Å². The molecule has 12 heteroatoms. The highest BCUT2D eigenvalue weighted by Gasteiger charge is 2.37. The quantitative estimate of drug-likeness (QED) is 0.204. The first kappa shape index (κ1) is 25.6. The predicted octanol–water partition coefficient (Wildman–Crippen LogP) is 5.85. The van der Waals surface area contributed by atoms with Crippen LogP contribution in [0.15, 0.2) is 55.0 Å². The number of nitrogens with one attached hydrogen (secondary N) is 3. The van der Waals surface area contributed by atoms with E-state index >= 15 is 0 Å². The summed E-state index contributed by atoms with van der Waals surface area (Å²) in [7, 11) is 0. The minimum atomic E-state index is -4.61. The van der Waals surface area contributed by atoms with Crippen LogP contribution in [0.3, 0.4) is 0 Å². The van der Waals surface area contributed by atoms with Crippen LogP contribution in [0.25, 0.3) is 22.2 Å². The van der Waals surface area contributed by atoms with Gasteiger partial charge in [0, 0.05) is 53.1 Å². The molecule has 3 N–H and O–H groups in total. The van der Waals surface area contributed by atoms with Gasteiger partial charge in [-0.3, -0.25) is 15.1 Å². The molecule has 198 valence electrons. The summed E-state index contributed by atoms with van der Waals surface area (Å²) in [5.74, 6) is 0.143. The fraction of sp³-hybridized carbons (Fsp3) is 0.346. The fourth-order valence-electron chi connectivity index (χ4n) is 5.02. The Balaban J connectivity index is 1.33. The Kier molecular flexibility index (Phi) is 6.74. The molecule has 0 radical (unpaired) electrons. The van der Waals surface area contributed by atoms with Gasteiger partial charge in [-0.2, -0.15) is 13.2 Å². The van der Waals surface area contributed by atoms with Gasteiger partial charge in [0.05, 0.1) is 16.3 Å². The van der Waals surface area contributed by atoms with Crippen LogP contribution in [-0.4, -0.2) is 36.4 Å². The summed E-state index contributed by atoms with van der Waals surface area (Å²) >= 11 is 0. The van der Waals surface area contributed by atoms with E-state index in [1.54, 1.807) is 30.5 Å². The van der Waals surface area contributed by atoms with Crippen LogP contribution in [-0.2, 0) is 12.7 Å². The lowest BCUT2D eigenvalue weighted by atomic mass is 9.80. The minimum absolute atomic E-state index is 0.0568. The molecule has 1 aliphatic carbocycles. The average Bonchev–Trinajstić information content (AvgIpc) is 3.31. The van der Waals surface area contributed by atoms with Crippen LogP contribution >= 0.6 is 0 Å². The third-order valence-corrected chi connectivity index (χ3v) is 6.97. The lowest BCUT2D eigenvalue weighted by molar-refractivity contribution is -0.385. The van der Waals surface area contributed by atoms with Gasteiger partial charge in [0.15, 0.2) is 0 Å². The Bertz CT molecular complexity index is 1460. The Hall–Kier alpha value is -4.06. The van der Waals surface area contributed by atoms with E-state index in [9.17, 15) is 23.3 Å². The molecule has 0 amide bonds. The van der Waals surface area contributed by atoms with E-state index in [0.717, 1.165) is 31.0 Å². The second-order valence-corrected chi connectivity index (χ2v) is 9.82. The topological polar surface area (TPSA) is 122 Å². The number of nitro groups is 1. The number of nitrogens with zero attached hydrogens (tertiary/aromatic N) is 4. The largest absolute Gasteiger partial charge is 0.419 e. The van der Waals surface area contributed by atoms with E-state index in [1.165, 1.54) is 12.3 Å². The molecule has 5 rings (SSSR count). The van der Waals surface area contributed by atoms with Crippen LogP contribution in [0.2, 0.25) is 0 Å². The van der Waals surface area contributed by atoms with Crippen molar-refractivity contribution in [3.63, 3.8) is 0 Å². The number of rotatable bonds is 7. The van der Waals surface area contributed by atoms with Crippen LogP contribution in [0.4, 0.5) is 24.8 Å². The van der Waals surface area contributed by atoms with Gasteiger partial charge in [-0.15, -0.1) is 0 Å². The molecular weight excluding hydrogens is 499 g/mol. The second kappa shape index (κ2) is 10.0. The van der Waals surface area contributed by atoms with Crippen molar-refractivity contribution in [1.82, 2.24) is 25.3 Å². The van der Waals surface area contributed by atoms with Crippen LogP contribution in [0, 0.1) is 10.1 Å². The lowest BCUT2D eigenvalue weighted by Gasteiger charge is -2.39. The number of halogens is 3. The molecule has 1 fully saturated rings. The highest BCUT2D eigenvalue weighted by atomic mass is 19.4. The standard InChI is InChI=1S/C26H26F3N7O2/c1-25(33-12-17-8-9-18(13-30-17)36(37)38)10-4-5-16(11-25)34-24-32-15-21(26(27,28)29)23(35-24)20-14-31-22-7-3-2-6-19(20)22/h2-3,6-9,13-16,31,33H,4-5,10-12H2,1H3,(H,32,34,35). The van der Waals surface area contributed by atoms with Gasteiger partial charge >= 0.3 is 6.18 Å². The van der Waals surface area contributed by atoms with Crippen LogP contribution in [0.1, 0.15) is 43.9 Å². The maximum absolute atomic E-state index is 13.9. The number of anilines is 1. The average molecular weight is 526 g/mol. The van der Waals surface area contributed by atoms with Crippen molar-refractivity contribution in [2.75, 3.05) is 5.32 Å². The molecule has 38 heavy (non-hydrogen) atoms. The number of hydrogen-bond donors (Lipinski definition) is 3. The fourth-order valence-corrected chi connectivity index (χ4v) is 5.02. The Labute approximate surface area is 216 Å². The molecule has 9 nitrogen and oxygen atoms in total. The molecule has 1 aromatic carbocycles. The predicted molar refractivity (Wildman–Crippen MR) is 136 cm³/mol. The van der Waals surface area contributed by atoms with E-state index in [1.807, 2.05) is 6.07 Å². The second-order valence-electron chi connectivity index (χ2n) is 9.82. The molecular formula is C26H26F3N7O2. The number of aromatic amines is 1. The monoisotopic (exact) mass is 525 g/mol. The van der Waals surface area contributed by atoms with Crippen molar-refractivity contribution in [3.8, 4) is 11.3 Å². The number of hydrogen-bond acceptors (Lipinski definition) is 7. The van der Waals surface area contributed by atoms with Gasteiger partial charge in [-0.25, -0.2) is 9.97 Å². The van der Waals surface area contributed by atoms with E-state index in [2.05, 4.69) is 37.5 Å². The number of benzene rings is 1. The van der Waals surface area contributed by atoms with Gasteiger partial charge in [0.1, 0.15) is 11.8 Å². The first-order valence-electron chi connectivity index (χ1n) is 12.2. The molecule has 0 saturated heterocycles. The summed E-state index contributed by atoms with van der Waals surface area (Å²) in [4.78, 5) is 25.9. The summed E-state index contributed by atoms with van der Waals surface area (Å²) in [5.41, 5.74) is 0.369. The van der Waals surface area contributed by atoms with Crippen molar-refractivity contribution >= 4 is 22.5 Å². The van der Waals surface area contributed by atoms with Crippen molar-refractivity contribution in [3.05, 3.63) is 76.4 Å². The number of pyridine rings is 1. The third-order valence-electron chi connectivity index (χ3n) is 6.97. The Morgan fingerprint density at radius 3 is 2.74 bits per heavy atom. The molecule has 2 unspecified atom stereocenters. The van der Waals surface area contributed by atoms with E-state index in [-0.39, 0.29) is 28.9 Å². The molecule has 1 saturated carbocycles. The van der Waals surface area contributed by atoms with Gasteiger partial charge in [0.25, 0.3) is 5.69 Å². The molecule has 0 aliphatic heterocycles. The summed E-state index contributed by atoms with van der Waals surface area (Å²) < 4.78 is 41.6. The molecule has 2 atom stereocenters. The van der Waals surface area contributed by atoms with Gasteiger partial charge in [-0.1, -0.05) is 18.2 Å². The first-order valence-corrected chi connectivity index (χ1v) is 12.2. The number of para-hydroxylation sites is 1. The van der Waals surface area contributed by atoms with E-state index < -0.39 is 16.7 Å². The molecule has 0 spiro atoms. The van der Waals surface area contributed by atoms with Crippen molar-refractivity contribution in [2.45, 2.75) is 56.9 Å². The first-order chi connectivity index (χ1) is 18.1. The summed E-state index contributed by atoms with van der Waals surface area (Å²) in [6, 6.07) is 10.1. The van der Waals surface area contributed by atoms with E-state index in [0.29, 0.717) is 29.6 Å². The minimum Gasteiger partial charge on any atom is -0.360 e. The zero-order chi connectivity index (χ0) is 26.9. The summed E-state index contributed by atoms with van der Waals surface area (Å²) in [6.45, 7) is 2.51. The van der Waals surface area contributed by atoms with Crippen LogP contribution in [0.5, 0.6) is 0 Å². The van der Waals surface area contributed by atoms with Crippen molar-refractivity contribution in [2.24, 2.45) is 0 Å². The number of H-pyrrole nitrogens is 1. The zero-order valence-corrected chi connectivity index (χ0v) is 20.5. The molecule has 1 aliphatic rings. The van der Waals surface area contributed by atoms with Crippen molar-refractivity contribution in [1.29, 1.82) is 0 Å². The number of alkyl halides is 3. The van der Waals surface area contributed by atoms with Crippen molar-refractivity contribution < 1.29 is 18.1 Å².